The Labute approximate surface area is 156 Å². The van der Waals surface area contributed by atoms with E-state index in [1.807, 2.05) is 25.2 Å². The van der Waals surface area contributed by atoms with Gasteiger partial charge in [0, 0.05) is 12.1 Å². The molecule has 0 amide bonds. The topological polar surface area (TPSA) is 39.7 Å². The number of likely N-dealkylation sites (N-methyl/N-ethyl adjacent to an activating group) is 1. The third kappa shape index (κ3) is 3.39. The lowest BCUT2D eigenvalue weighted by atomic mass is 9.76. The number of nitrogens with one attached hydrogen (secondary N) is 1. The minimum absolute atomic E-state index is 0.368. The highest BCUT2D eigenvalue weighted by molar-refractivity contribution is 6.56. The van der Waals surface area contributed by atoms with Crippen molar-refractivity contribution in [3.8, 4) is 5.75 Å². The summed E-state index contributed by atoms with van der Waals surface area (Å²) >= 11 is 0. The predicted molar refractivity (Wildman–Crippen MR) is 108 cm³/mol. The molecule has 5 heteroatoms. The second-order valence-corrected chi connectivity index (χ2v) is 7.74. The van der Waals surface area contributed by atoms with Crippen LogP contribution in [0.3, 0.4) is 0 Å². The highest BCUT2D eigenvalue weighted by atomic mass is 16.7. The third-order valence-electron chi connectivity index (χ3n) is 5.42. The normalized spacial score (nSPS) is 19.2. The summed E-state index contributed by atoms with van der Waals surface area (Å²) in [5.41, 5.74) is 1.35. The van der Waals surface area contributed by atoms with Gasteiger partial charge in [-0.25, -0.2) is 0 Å². The Morgan fingerprint density at radius 1 is 1.08 bits per heavy atom. The van der Waals surface area contributed by atoms with Crippen molar-refractivity contribution in [1.82, 2.24) is 5.32 Å². The Hall–Kier alpha value is -1.82. The van der Waals surface area contributed by atoms with E-state index < -0.39 is 7.12 Å². The van der Waals surface area contributed by atoms with E-state index in [-0.39, 0.29) is 11.2 Å². The molecule has 1 saturated heterocycles. The summed E-state index contributed by atoms with van der Waals surface area (Å²) < 4.78 is 18.2. The van der Waals surface area contributed by atoms with Crippen molar-refractivity contribution in [3.63, 3.8) is 0 Å². The maximum Gasteiger partial charge on any atom is 0.491 e. The SMILES string of the molecule is CNCC(=Cc1c(OC)ccc2ccccc12)B1OC(C)(C)C(C)(C)O1. The van der Waals surface area contributed by atoms with E-state index in [0.717, 1.165) is 22.2 Å². The van der Waals surface area contributed by atoms with Gasteiger partial charge in [0.25, 0.3) is 0 Å². The van der Waals surface area contributed by atoms with Crippen LogP contribution < -0.4 is 10.1 Å². The first kappa shape index (κ1) is 19.0. The lowest BCUT2D eigenvalue weighted by Crippen LogP contribution is -2.41. The number of benzene rings is 2. The first-order valence-corrected chi connectivity index (χ1v) is 9.05. The van der Waals surface area contributed by atoms with Crippen LogP contribution in [0.1, 0.15) is 33.3 Å². The fourth-order valence-electron chi connectivity index (χ4n) is 3.19. The van der Waals surface area contributed by atoms with Crippen molar-refractivity contribution in [2.45, 2.75) is 38.9 Å². The molecule has 0 unspecified atom stereocenters. The van der Waals surface area contributed by atoms with Crippen LogP contribution in [-0.4, -0.2) is 39.0 Å². The van der Waals surface area contributed by atoms with Gasteiger partial charge in [-0.3, -0.25) is 0 Å². The highest BCUT2D eigenvalue weighted by Gasteiger charge is 2.52. The van der Waals surface area contributed by atoms with Gasteiger partial charge in [0.15, 0.2) is 0 Å². The number of methoxy groups -OCH3 is 1. The zero-order valence-corrected chi connectivity index (χ0v) is 16.6. The Morgan fingerprint density at radius 3 is 2.35 bits per heavy atom. The summed E-state index contributed by atoms with van der Waals surface area (Å²) in [5, 5.41) is 5.56. The molecule has 4 nitrogen and oxygen atoms in total. The van der Waals surface area contributed by atoms with Crippen LogP contribution in [-0.2, 0) is 9.31 Å². The van der Waals surface area contributed by atoms with E-state index >= 15 is 0 Å². The minimum Gasteiger partial charge on any atom is -0.496 e. The van der Waals surface area contributed by atoms with Gasteiger partial charge in [0.1, 0.15) is 5.75 Å². The zero-order valence-electron chi connectivity index (χ0n) is 16.6. The highest BCUT2D eigenvalue weighted by Crippen LogP contribution is 2.39. The summed E-state index contributed by atoms with van der Waals surface area (Å²) in [6.45, 7) is 8.96. The molecule has 2 aromatic rings. The second-order valence-electron chi connectivity index (χ2n) is 7.74. The summed E-state index contributed by atoms with van der Waals surface area (Å²) in [6, 6.07) is 12.4. The summed E-state index contributed by atoms with van der Waals surface area (Å²) in [7, 11) is 3.24. The van der Waals surface area contributed by atoms with Crippen LogP contribution in [0.2, 0.25) is 0 Å². The molecule has 1 aliphatic heterocycles. The van der Waals surface area contributed by atoms with Gasteiger partial charge < -0.3 is 19.4 Å². The van der Waals surface area contributed by atoms with Crippen LogP contribution in [0.25, 0.3) is 16.8 Å². The standard InChI is InChI=1S/C21H28BNO3/c1-20(2)21(3,4)26-22(25-20)16(14-23-5)13-18-17-10-8-7-9-15(17)11-12-19(18)24-6/h7-13,23H,14H2,1-6H3. The molecule has 0 aliphatic carbocycles. The molecular formula is C21H28BNO3. The lowest BCUT2D eigenvalue weighted by molar-refractivity contribution is 0.00578. The van der Waals surface area contributed by atoms with Crippen LogP contribution in [0.5, 0.6) is 5.75 Å². The molecule has 3 rings (SSSR count). The Morgan fingerprint density at radius 2 is 1.73 bits per heavy atom. The largest absolute Gasteiger partial charge is 0.496 e. The fourth-order valence-corrected chi connectivity index (χ4v) is 3.19. The number of hydrogen-bond donors (Lipinski definition) is 1. The van der Waals surface area contributed by atoms with Crippen molar-refractivity contribution in [2.24, 2.45) is 0 Å². The average Bonchev–Trinajstić information content (AvgIpc) is 2.82. The maximum atomic E-state index is 6.27. The van der Waals surface area contributed by atoms with Gasteiger partial charge in [0.2, 0.25) is 0 Å². The van der Waals surface area contributed by atoms with Crippen molar-refractivity contribution in [3.05, 3.63) is 47.4 Å². The van der Waals surface area contributed by atoms with E-state index in [0.29, 0.717) is 6.54 Å². The lowest BCUT2D eigenvalue weighted by Gasteiger charge is -2.32. The summed E-state index contributed by atoms with van der Waals surface area (Å²) in [6.07, 6.45) is 2.14. The number of ether oxygens (including phenoxy) is 1. The van der Waals surface area contributed by atoms with Gasteiger partial charge in [-0.1, -0.05) is 36.4 Å². The van der Waals surface area contributed by atoms with Crippen molar-refractivity contribution in [2.75, 3.05) is 20.7 Å². The molecule has 0 aromatic heterocycles. The molecule has 1 aliphatic rings. The van der Waals surface area contributed by atoms with E-state index in [2.05, 4.69) is 57.3 Å². The molecule has 138 valence electrons. The number of fused-ring (bicyclic) bond motifs is 1. The zero-order chi connectivity index (χ0) is 18.9. The van der Waals surface area contributed by atoms with E-state index in [9.17, 15) is 0 Å². The first-order valence-electron chi connectivity index (χ1n) is 9.05. The maximum absolute atomic E-state index is 6.27. The average molecular weight is 353 g/mol. The minimum atomic E-state index is -0.392. The van der Waals surface area contributed by atoms with Gasteiger partial charge >= 0.3 is 7.12 Å². The molecule has 0 radical (unpaired) electrons. The fraction of sp³-hybridized carbons (Fsp3) is 0.429. The Bertz CT molecular complexity index is 813. The first-order chi connectivity index (χ1) is 12.3. The van der Waals surface area contributed by atoms with Crippen LogP contribution in [0.15, 0.2) is 41.9 Å². The van der Waals surface area contributed by atoms with Crippen LogP contribution in [0, 0.1) is 0 Å². The Balaban J connectivity index is 2.10. The van der Waals surface area contributed by atoms with Gasteiger partial charge in [-0.2, -0.15) is 0 Å². The molecule has 26 heavy (non-hydrogen) atoms. The Kier molecular flexibility index (Phi) is 5.15. The molecule has 1 fully saturated rings. The molecular weight excluding hydrogens is 325 g/mol. The number of rotatable bonds is 5. The van der Waals surface area contributed by atoms with Gasteiger partial charge in [0.05, 0.1) is 18.3 Å². The molecule has 1 heterocycles. The van der Waals surface area contributed by atoms with Crippen molar-refractivity contribution in [1.29, 1.82) is 0 Å². The van der Waals surface area contributed by atoms with E-state index in [1.165, 1.54) is 5.39 Å². The number of hydrogen-bond acceptors (Lipinski definition) is 4. The van der Waals surface area contributed by atoms with Crippen LogP contribution >= 0.6 is 0 Å². The molecule has 1 N–H and O–H groups in total. The van der Waals surface area contributed by atoms with Crippen molar-refractivity contribution >= 4 is 24.0 Å². The van der Waals surface area contributed by atoms with Gasteiger partial charge in [-0.15, -0.1) is 0 Å². The molecule has 0 spiro atoms. The molecule has 0 bridgehead atoms. The second kappa shape index (κ2) is 7.07. The quantitative estimate of drug-likeness (QED) is 0.823. The van der Waals surface area contributed by atoms with Crippen molar-refractivity contribution < 1.29 is 14.0 Å². The molecule has 0 atom stereocenters. The summed E-state index contributed by atoms with van der Waals surface area (Å²) in [4.78, 5) is 0. The third-order valence-corrected chi connectivity index (χ3v) is 5.42. The van der Waals surface area contributed by atoms with E-state index in [4.69, 9.17) is 14.0 Å². The van der Waals surface area contributed by atoms with E-state index in [1.54, 1.807) is 7.11 Å². The molecule has 2 aromatic carbocycles. The molecule has 0 saturated carbocycles. The monoisotopic (exact) mass is 353 g/mol. The smallest absolute Gasteiger partial charge is 0.491 e. The van der Waals surface area contributed by atoms with Crippen LogP contribution in [0.4, 0.5) is 0 Å². The summed E-state index contributed by atoms with van der Waals surface area (Å²) in [5.74, 6) is 0.842. The predicted octanol–water partition coefficient (Wildman–Crippen LogP) is 4.08. The van der Waals surface area contributed by atoms with Gasteiger partial charge in [-0.05, 0) is 57.1 Å².